The minimum Gasteiger partial charge on any atom is -0.414 e. The van der Waals surface area contributed by atoms with Crippen LogP contribution in [0.1, 0.15) is 82.6 Å². The van der Waals surface area contributed by atoms with Crippen LogP contribution in [-0.2, 0) is 13.3 Å². The molecule has 3 nitrogen and oxygen atoms in total. The van der Waals surface area contributed by atoms with Gasteiger partial charge in [0.25, 0.3) is 0 Å². The van der Waals surface area contributed by atoms with Crippen LogP contribution in [0.15, 0.2) is 21.8 Å². The first-order chi connectivity index (χ1) is 15.3. The summed E-state index contributed by atoms with van der Waals surface area (Å²) in [4.78, 5) is 0. The van der Waals surface area contributed by atoms with Crippen LogP contribution in [0.4, 0.5) is 0 Å². The van der Waals surface area contributed by atoms with Gasteiger partial charge in [0.05, 0.1) is 12.2 Å². The lowest BCUT2D eigenvalue weighted by molar-refractivity contribution is 0.0294. The Hall–Kier alpha value is 0.741. The third kappa shape index (κ3) is 11.2. The number of halogens is 1. The molecule has 208 valence electrons. The van der Waals surface area contributed by atoms with Crippen molar-refractivity contribution in [3.05, 3.63) is 21.8 Å². The molecule has 0 spiro atoms. The van der Waals surface area contributed by atoms with Crippen LogP contribution in [-0.4, -0.2) is 43.3 Å². The number of rotatable bonds is 11. The molecular weight excluding hydrogens is 595 g/mol. The lowest BCUT2D eigenvalue weighted by Crippen LogP contribution is -2.52. The van der Waals surface area contributed by atoms with Gasteiger partial charge in [0.1, 0.15) is 0 Å². The fourth-order valence-corrected chi connectivity index (χ4v) is 7.63. The van der Waals surface area contributed by atoms with Crippen molar-refractivity contribution in [2.75, 3.05) is 0 Å². The van der Waals surface area contributed by atoms with Gasteiger partial charge in [0, 0.05) is 6.10 Å². The van der Waals surface area contributed by atoms with Crippen molar-refractivity contribution >= 4 is 47.5 Å². The Morgan fingerprint density at radius 3 is 1.46 bits per heavy atom. The van der Waals surface area contributed by atoms with Crippen LogP contribution in [0, 0.1) is 0 Å². The summed E-state index contributed by atoms with van der Waals surface area (Å²) < 4.78 is 23.2. The summed E-state index contributed by atoms with van der Waals surface area (Å²) in [6.07, 6.45) is 5.22. The molecule has 7 heteroatoms. The topological polar surface area (TPSA) is 27.7 Å². The Morgan fingerprint density at radius 1 is 0.714 bits per heavy atom. The SMILES string of the molecule is CC(/C=C/I)=C\[C@H](O[Si](C)(C)C(C)(C)C)[C@H](C[C@H](C)O[Si](C)(C)C(C)(C)C)O[Si](C)(C)C(C)(C)C. The Kier molecular flexibility index (Phi) is 13.0. The highest BCUT2D eigenvalue weighted by atomic mass is 127. The molecule has 0 aliphatic heterocycles. The molecule has 0 aliphatic carbocycles. The molecule has 0 unspecified atom stereocenters. The molecule has 0 bridgehead atoms. The normalized spacial score (nSPS) is 18.2. The van der Waals surface area contributed by atoms with Crippen LogP contribution < -0.4 is 0 Å². The average Bonchev–Trinajstić information content (AvgIpc) is 2.56. The summed E-state index contributed by atoms with van der Waals surface area (Å²) >= 11 is 2.29. The van der Waals surface area contributed by atoms with Crippen molar-refractivity contribution in [2.45, 2.75) is 155 Å². The second kappa shape index (κ2) is 12.7. The highest BCUT2D eigenvalue weighted by Gasteiger charge is 2.45. The quantitative estimate of drug-likeness (QED) is 0.126. The molecule has 0 radical (unpaired) electrons. The van der Waals surface area contributed by atoms with Crippen molar-refractivity contribution in [2.24, 2.45) is 0 Å². The van der Waals surface area contributed by atoms with E-state index in [2.05, 4.69) is 154 Å². The maximum atomic E-state index is 7.17. The molecule has 3 atom stereocenters. The molecule has 0 aromatic rings. The van der Waals surface area contributed by atoms with Gasteiger partial charge in [0.2, 0.25) is 0 Å². The third-order valence-corrected chi connectivity index (χ3v) is 22.4. The summed E-state index contributed by atoms with van der Waals surface area (Å²) in [5.41, 5.74) is 1.21. The molecule has 0 fully saturated rings. The van der Waals surface area contributed by atoms with E-state index in [1.165, 1.54) is 5.57 Å². The standard InChI is InChI=1S/C28H59IO3Si3/c1-22(18-19-29)20-24(31-34(14,15)27(6,7)8)25(32-35(16,17)28(9,10)11)21-23(2)30-33(12,13)26(3,4)5/h18-20,23-25H,21H2,1-17H3/b19-18+,22-20+/t23-,24-,25-/m0/s1. The van der Waals surface area contributed by atoms with Crippen LogP contribution in [0.25, 0.3) is 0 Å². The van der Waals surface area contributed by atoms with Gasteiger partial charge in [-0.15, -0.1) is 0 Å². The van der Waals surface area contributed by atoms with Gasteiger partial charge in [-0.3, -0.25) is 0 Å². The largest absolute Gasteiger partial charge is 0.414 e. The number of hydrogen-bond acceptors (Lipinski definition) is 3. The highest BCUT2D eigenvalue weighted by Crippen LogP contribution is 2.42. The zero-order valence-electron chi connectivity index (χ0n) is 26.3. The molecule has 35 heavy (non-hydrogen) atoms. The summed E-state index contributed by atoms with van der Waals surface area (Å²) in [6, 6.07) is 0. The van der Waals surface area contributed by atoms with Gasteiger partial charge in [-0.25, -0.2) is 0 Å². The van der Waals surface area contributed by atoms with E-state index in [1.807, 2.05) is 0 Å². The smallest absolute Gasteiger partial charge is 0.193 e. The predicted octanol–water partition coefficient (Wildman–Crippen LogP) is 10.5. The average molecular weight is 655 g/mol. The van der Waals surface area contributed by atoms with Gasteiger partial charge in [-0.05, 0) is 78.7 Å². The van der Waals surface area contributed by atoms with Crippen molar-refractivity contribution in [3.8, 4) is 0 Å². The zero-order chi connectivity index (χ0) is 28.3. The third-order valence-electron chi connectivity index (χ3n) is 8.47. The first kappa shape index (κ1) is 35.7. The fraction of sp³-hybridized carbons (Fsp3) is 0.857. The molecule has 0 aromatic carbocycles. The second-order valence-electron chi connectivity index (χ2n) is 14.9. The van der Waals surface area contributed by atoms with Crippen molar-refractivity contribution in [1.29, 1.82) is 0 Å². The molecular formula is C28H59IO3Si3. The Balaban J connectivity index is 6.51. The molecule has 0 saturated heterocycles. The summed E-state index contributed by atoms with van der Waals surface area (Å²) in [5.74, 6) is 0. The Labute approximate surface area is 236 Å². The molecule has 0 N–H and O–H groups in total. The Morgan fingerprint density at radius 2 is 1.09 bits per heavy atom. The summed E-state index contributed by atoms with van der Waals surface area (Å²) in [6.45, 7) is 39.3. The molecule has 0 rings (SSSR count). The van der Waals surface area contributed by atoms with Crippen LogP contribution >= 0.6 is 22.6 Å². The summed E-state index contributed by atoms with van der Waals surface area (Å²) in [7, 11) is -5.97. The maximum absolute atomic E-state index is 7.17. The number of allylic oxidation sites excluding steroid dienone is 2. The zero-order valence-corrected chi connectivity index (χ0v) is 31.4. The molecule has 0 heterocycles. The van der Waals surface area contributed by atoms with Crippen molar-refractivity contribution in [3.63, 3.8) is 0 Å². The fourth-order valence-electron chi connectivity index (χ4n) is 3.01. The summed E-state index contributed by atoms with van der Waals surface area (Å²) in [5, 5.41) is 0.420. The van der Waals surface area contributed by atoms with Gasteiger partial charge in [-0.2, -0.15) is 0 Å². The van der Waals surface area contributed by atoms with Crippen LogP contribution in [0.5, 0.6) is 0 Å². The van der Waals surface area contributed by atoms with Gasteiger partial charge in [-0.1, -0.05) is 103 Å². The van der Waals surface area contributed by atoms with Gasteiger partial charge < -0.3 is 13.3 Å². The van der Waals surface area contributed by atoms with E-state index < -0.39 is 25.0 Å². The second-order valence-corrected chi connectivity index (χ2v) is 29.9. The first-order valence-corrected chi connectivity index (χ1v) is 23.2. The first-order valence-electron chi connectivity index (χ1n) is 13.3. The van der Waals surface area contributed by atoms with Gasteiger partial charge >= 0.3 is 0 Å². The minimum atomic E-state index is -2.04. The highest BCUT2D eigenvalue weighted by molar-refractivity contribution is 14.1. The maximum Gasteiger partial charge on any atom is 0.193 e. The molecule has 0 saturated carbocycles. The lowest BCUT2D eigenvalue weighted by atomic mass is 10.1. The van der Waals surface area contributed by atoms with E-state index in [-0.39, 0.29) is 33.4 Å². The van der Waals surface area contributed by atoms with E-state index in [0.717, 1.165) is 6.42 Å². The van der Waals surface area contributed by atoms with Crippen LogP contribution in [0.3, 0.4) is 0 Å². The monoisotopic (exact) mass is 654 g/mol. The number of hydrogen-bond donors (Lipinski definition) is 0. The molecule has 0 aromatic heterocycles. The van der Waals surface area contributed by atoms with E-state index in [4.69, 9.17) is 13.3 Å². The minimum absolute atomic E-state index is 0.0534. The van der Waals surface area contributed by atoms with E-state index in [0.29, 0.717) is 0 Å². The van der Waals surface area contributed by atoms with Crippen molar-refractivity contribution < 1.29 is 13.3 Å². The van der Waals surface area contributed by atoms with Crippen LogP contribution in [0.2, 0.25) is 54.4 Å². The Bertz CT molecular complexity index is 723. The van der Waals surface area contributed by atoms with Crippen molar-refractivity contribution in [1.82, 2.24) is 0 Å². The van der Waals surface area contributed by atoms with E-state index >= 15 is 0 Å². The van der Waals surface area contributed by atoms with E-state index in [1.54, 1.807) is 0 Å². The predicted molar refractivity (Wildman–Crippen MR) is 173 cm³/mol. The van der Waals surface area contributed by atoms with Gasteiger partial charge in [0.15, 0.2) is 25.0 Å². The lowest BCUT2D eigenvalue weighted by Gasteiger charge is -2.46. The molecule has 0 aliphatic rings. The van der Waals surface area contributed by atoms with E-state index in [9.17, 15) is 0 Å². The molecule has 0 amide bonds.